The second-order valence-electron chi connectivity index (χ2n) is 2.44. The van der Waals surface area contributed by atoms with Crippen LogP contribution in [0.2, 0.25) is 0 Å². The molecule has 1 heterocycles. The molecule has 0 aromatic rings. The fraction of sp³-hybridized carbons (Fsp3) is 0.500. The summed E-state index contributed by atoms with van der Waals surface area (Å²) < 4.78 is 0. The van der Waals surface area contributed by atoms with E-state index in [0.29, 0.717) is 6.17 Å². The van der Waals surface area contributed by atoms with Crippen LogP contribution in [0, 0.1) is 0 Å². The van der Waals surface area contributed by atoms with Gasteiger partial charge < -0.3 is 9.80 Å². The minimum atomic E-state index is 0.366. The van der Waals surface area contributed by atoms with Crippen LogP contribution in [0.4, 0.5) is 0 Å². The number of likely N-dealkylation sites (N-methyl/N-ethyl adjacent to an activating group) is 2. The van der Waals surface area contributed by atoms with Crippen molar-refractivity contribution in [3.8, 4) is 0 Å². The van der Waals surface area contributed by atoms with E-state index in [1.807, 2.05) is 6.08 Å². The van der Waals surface area contributed by atoms with Gasteiger partial charge in [-0.25, -0.2) is 0 Å². The van der Waals surface area contributed by atoms with Crippen LogP contribution in [0.3, 0.4) is 0 Å². The molecule has 0 N–H and O–H groups in total. The lowest BCUT2D eigenvalue weighted by atomic mass is 10.4. The average Bonchev–Trinajstić information content (AvgIpc) is 2.30. The maximum atomic E-state index is 3.77. The van der Waals surface area contributed by atoms with Gasteiger partial charge in [-0.2, -0.15) is 0 Å². The summed E-state index contributed by atoms with van der Waals surface area (Å²) in [7, 11) is 2.05. The highest BCUT2D eigenvalue weighted by Gasteiger charge is 2.17. The number of hydrogen-bond donors (Lipinski definition) is 0. The standard InChI is InChI=1S/C8H14N2/c1-4-8-9(3)6-7-10(8)5-2/h4,6-8H,1,5H2,2-3H3. The highest BCUT2D eigenvalue weighted by atomic mass is 15.4. The first kappa shape index (κ1) is 7.19. The largest absolute Gasteiger partial charge is 0.356 e. The van der Waals surface area contributed by atoms with Gasteiger partial charge >= 0.3 is 0 Å². The number of nitrogens with zero attached hydrogens (tertiary/aromatic N) is 2. The van der Waals surface area contributed by atoms with Crippen LogP contribution in [0.1, 0.15) is 6.92 Å². The van der Waals surface area contributed by atoms with Gasteiger partial charge in [0.05, 0.1) is 0 Å². The van der Waals surface area contributed by atoms with Crippen LogP contribution in [0.25, 0.3) is 0 Å². The molecule has 0 aliphatic carbocycles. The molecular formula is C8H14N2. The lowest BCUT2D eigenvalue weighted by Gasteiger charge is -2.26. The molecule has 1 rings (SSSR count). The molecule has 1 atom stereocenters. The van der Waals surface area contributed by atoms with Crippen LogP contribution in [-0.2, 0) is 0 Å². The van der Waals surface area contributed by atoms with Gasteiger partial charge in [0.2, 0.25) is 0 Å². The topological polar surface area (TPSA) is 6.48 Å². The SMILES string of the molecule is C=CC1N(C)C=CN1CC. The molecule has 0 radical (unpaired) electrons. The Labute approximate surface area is 62.4 Å². The van der Waals surface area contributed by atoms with E-state index in [1.54, 1.807) is 0 Å². The minimum Gasteiger partial charge on any atom is -0.356 e. The first-order valence-corrected chi connectivity index (χ1v) is 3.58. The van der Waals surface area contributed by atoms with E-state index >= 15 is 0 Å². The van der Waals surface area contributed by atoms with Gasteiger partial charge in [0.15, 0.2) is 0 Å². The van der Waals surface area contributed by atoms with E-state index in [9.17, 15) is 0 Å². The first-order valence-electron chi connectivity index (χ1n) is 3.58. The number of hydrogen-bond acceptors (Lipinski definition) is 2. The molecule has 10 heavy (non-hydrogen) atoms. The van der Waals surface area contributed by atoms with Crippen molar-refractivity contribution >= 4 is 0 Å². The van der Waals surface area contributed by atoms with Gasteiger partial charge in [-0.1, -0.05) is 6.58 Å². The lowest BCUT2D eigenvalue weighted by molar-refractivity contribution is 0.232. The van der Waals surface area contributed by atoms with Gasteiger partial charge in [-0.15, -0.1) is 0 Å². The molecular weight excluding hydrogens is 124 g/mol. The molecule has 1 aliphatic heterocycles. The minimum absolute atomic E-state index is 0.366. The van der Waals surface area contributed by atoms with Crippen molar-refractivity contribution in [2.45, 2.75) is 13.1 Å². The fourth-order valence-corrected chi connectivity index (χ4v) is 1.20. The quantitative estimate of drug-likeness (QED) is 0.530. The van der Waals surface area contributed by atoms with Crippen molar-refractivity contribution in [1.82, 2.24) is 9.80 Å². The Morgan fingerprint density at radius 2 is 2.30 bits per heavy atom. The van der Waals surface area contributed by atoms with Gasteiger partial charge in [-0.3, -0.25) is 0 Å². The predicted molar refractivity (Wildman–Crippen MR) is 43.3 cm³/mol. The molecule has 0 fully saturated rings. The van der Waals surface area contributed by atoms with E-state index in [0.717, 1.165) is 6.54 Å². The maximum absolute atomic E-state index is 3.77. The molecule has 0 saturated heterocycles. The highest BCUT2D eigenvalue weighted by Crippen LogP contribution is 2.12. The Morgan fingerprint density at radius 1 is 1.60 bits per heavy atom. The third kappa shape index (κ3) is 1.01. The molecule has 1 unspecified atom stereocenters. The zero-order valence-corrected chi connectivity index (χ0v) is 6.62. The molecule has 2 nitrogen and oxygen atoms in total. The van der Waals surface area contributed by atoms with Crippen molar-refractivity contribution in [1.29, 1.82) is 0 Å². The van der Waals surface area contributed by atoms with Crippen LogP contribution in [0.5, 0.6) is 0 Å². The van der Waals surface area contributed by atoms with Crippen LogP contribution >= 0.6 is 0 Å². The summed E-state index contributed by atoms with van der Waals surface area (Å²) in [5.41, 5.74) is 0. The van der Waals surface area contributed by atoms with Crippen molar-refractivity contribution in [2.75, 3.05) is 13.6 Å². The summed E-state index contributed by atoms with van der Waals surface area (Å²) in [6.45, 7) is 6.95. The predicted octanol–water partition coefficient (Wildman–Crippen LogP) is 1.24. The summed E-state index contributed by atoms with van der Waals surface area (Å²) in [5, 5.41) is 0. The van der Waals surface area contributed by atoms with Crippen molar-refractivity contribution in [2.24, 2.45) is 0 Å². The summed E-state index contributed by atoms with van der Waals surface area (Å²) in [6.07, 6.45) is 6.47. The molecule has 0 spiro atoms. The van der Waals surface area contributed by atoms with Crippen molar-refractivity contribution in [3.63, 3.8) is 0 Å². The second kappa shape index (κ2) is 2.78. The molecule has 0 amide bonds. The fourth-order valence-electron chi connectivity index (χ4n) is 1.20. The van der Waals surface area contributed by atoms with Crippen LogP contribution in [0.15, 0.2) is 25.1 Å². The summed E-state index contributed by atoms with van der Waals surface area (Å²) in [5.74, 6) is 0. The summed E-state index contributed by atoms with van der Waals surface area (Å²) in [6, 6.07) is 0. The molecule has 0 aromatic carbocycles. The first-order chi connectivity index (χ1) is 4.79. The second-order valence-corrected chi connectivity index (χ2v) is 2.44. The van der Waals surface area contributed by atoms with E-state index in [-0.39, 0.29) is 0 Å². The Morgan fingerprint density at radius 3 is 2.70 bits per heavy atom. The highest BCUT2D eigenvalue weighted by molar-refractivity contribution is 5.01. The Balaban J connectivity index is 2.61. The normalized spacial score (nSPS) is 24.0. The van der Waals surface area contributed by atoms with Gasteiger partial charge in [0.25, 0.3) is 0 Å². The van der Waals surface area contributed by atoms with Crippen LogP contribution < -0.4 is 0 Å². The molecule has 1 aliphatic rings. The van der Waals surface area contributed by atoms with Crippen molar-refractivity contribution < 1.29 is 0 Å². The number of rotatable bonds is 2. The Hall–Kier alpha value is -0.920. The van der Waals surface area contributed by atoms with E-state index in [1.165, 1.54) is 0 Å². The smallest absolute Gasteiger partial charge is 0.120 e. The molecule has 0 bridgehead atoms. The summed E-state index contributed by atoms with van der Waals surface area (Å²) in [4.78, 5) is 4.36. The average molecular weight is 138 g/mol. The van der Waals surface area contributed by atoms with Gasteiger partial charge in [0, 0.05) is 26.0 Å². The third-order valence-electron chi connectivity index (χ3n) is 1.83. The third-order valence-corrected chi connectivity index (χ3v) is 1.83. The monoisotopic (exact) mass is 138 g/mol. The summed E-state index contributed by atoms with van der Waals surface area (Å²) >= 11 is 0. The zero-order chi connectivity index (χ0) is 7.56. The van der Waals surface area contributed by atoms with Crippen molar-refractivity contribution in [3.05, 3.63) is 25.1 Å². The molecule has 0 saturated carbocycles. The van der Waals surface area contributed by atoms with E-state index < -0.39 is 0 Å². The van der Waals surface area contributed by atoms with E-state index in [2.05, 4.69) is 42.8 Å². The Bertz CT molecular complexity index is 151. The van der Waals surface area contributed by atoms with Gasteiger partial charge in [-0.05, 0) is 13.0 Å². The van der Waals surface area contributed by atoms with Gasteiger partial charge in [0.1, 0.15) is 6.17 Å². The molecule has 0 aromatic heterocycles. The molecule has 2 heteroatoms. The molecule has 56 valence electrons. The van der Waals surface area contributed by atoms with Crippen LogP contribution in [-0.4, -0.2) is 29.6 Å². The maximum Gasteiger partial charge on any atom is 0.120 e. The Kier molecular flexibility index (Phi) is 2.00. The lowest BCUT2D eigenvalue weighted by Crippen LogP contribution is -2.34. The van der Waals surface area contributed by atoms with E-state index in [4.69, 9.17) is 0 Å². The zero-order valence-electron chi connectivity index (χ0n) is 6.62.